The lowest BCUT2D eigenvalue weighted by Gasteiger charge is -2.32. The molecule has 0 bridgehead atoms. The van der Waals surface area contributed by atoms with Crippen molar-refractivity contribution >= 4 is 20.0 Å². The van der Waals surface area contributed by atoms with Gasteiger partial charge in [0, 0.05) is 19.1 Å². The summed E-state index contributed by atoms with van der Waals surface area (Å²) in [7, 11) is -6.85. The van der Waals surface area contributed by atoms with Crippen LogP contribution in [-0.4, -0.2) is 46.5 Å². The second-order valence-electron chi connectivity index (χ2n) is 6.66. The molecule has 1 aromatic carbocycles. The monoisotopic (exact) mass is 374 g/mol. The van der Waals surface area contributed by atoms with Crippen LogP contribution in [0.5, 0.6) is 0 Å². The number of sulfonamides is 2. The maximum atomic E-state index is 13.1. The molecule has 8 heteroatoms. The van der Waals surface area contributed by atoms with Crippen LogP contribution in [0.2, 0.25) is 0 Å². The highest BCUT2D eigenvalue weighted by atomic mass is 32.2. The Kier molecular flexibility index (Phi) is 5.44. The van der Waals surface area contributed by atoms with Crippen LogP contribution in [0, 0.1) is 27.7 Å². The van der Waals surface area contributed by atoms with Crippen LogP contribution in [0.3, 0.4) is 0 Å². The third kappa shape index (κ3) is 3.99. The molecule has 0 aliphatic carbocycles. The molecule has 0 unspecified atom stereocenters. The Morgan fingerprint density at radius 1 is 0.958 bits per heavy atom. The second kappa shape index (κ2) is 6.74. The number of piperidine rings is 1. The number of benzene rings is 1. The fourth-order valence-corrected chi connectivity index (χ4v) is 6.10. The average Bonchev–Trinajstić information content (AvgIpc) is 2.44. The quantitative estimate of drug-likeness (QED) is 0.868. The number of aryl methyl sites for hydroxylation is 2. The van der Waals surface area contributed by atoms with E-state index in [1.54, 1.807) is 0 Å². The summed E-state index contributed by atoms with van der Waals surface area (Å²) in [5.41, 5.74) is 3.50. The van der Waals surface area contributed by atoms with Crippen LogP contribution >= 0.6 is 0 Å². The molecule has 1 aromatic rings. The lowest BCUT2D eigenvalue weighted by Crippen LogP contribution is -2.46. The van der Waals surface area contributed by atoms with E-state index in [1.165, 1.54) is 4.31 Å². The first-order valence-electron chi connectivity index (χ1n) is 7.98. The minimum Gasteiger partial charge on any atom is -0.213 e. The SMILES string of the molecule is Cc1cc(C)c(C)c(S(=O)(=O)N2CCC(NS(C)(=O)=O)CC2)c1C. The first-order chi connectivity index (χ1) is 10.9. The van der Waals surface area contributed by atoms with Gasteiger partial charge in [-0.3, -0.25) is 0 Å². The van der Waals surface area contributed by atoms with Gasteiger partial charge in [-0.25, -0.2) is 21.6 Å². The van der Waals surface area contributed by atoms with Crippen molar-refractivity contribution in [3.05, 3.63) is 28.3 Å². The Balaban J connectivity index is 2.28. The molecule has 1 heterocycles. The first kappa shape index (κ1) is 19.4. The molecule has 1 aliphatic heterocycles. The summed E-state index contributed by atoms with van der Waals surface area (Å²) in [6.45, 7) is 8.16. The maximum Gasteiger partial charge on any atom is 0.243 e. The number of hydrogen-bond donors (Lipinski definition) is 1. The normalized spacial score (nSPS) is 18.0. The molecule has 6 nitrogen and oxygen atoms in total. The largest absolute Gasteiger partial charge is 0.243 e. The first-order valence-corrected chi connectivity index (χ1v) is 11.3. The van der Waals surface area contributed by atoms with E-state index >= 15 is 0 Å². The Labute approximate surface area is 145 Å². The standard InChI is InChI=1S/C16H26N2O4S2/c1-11-10-12(2)14(4)16(13(11)3)24(21,22)18-8-6-15(7-9-18)17-23(5,19)20/h10,15,17H,6-9H2,1-5H3. The van der Waals surface area contributed by atoms with Crippen molar-refractivity contribution in [1.82, 2.24) is 9.03 Å². The molecule has 24 heavy (non-hydrogen) atoms. The van der Waals surface area contributed by atoms with Crippen LogP contribution in [0.4, 0.5) is 0 Å². The van der Waals surface area contributed by atoms with Gasteiger partial charge >= 0.3 is 0 Å². The van der Waals surface area contributed by atoms with Gasteiger partial charge in [-0.15, -0.1) is 0 Å². The van der Waals surface area contributed by atoms with Crippen LogP contribution in [0.25, 0.3) is 0 Å². The molecular formula is C16H26N2O4S2. The Hall–Kier alpha value is -0.960. The molecule has 0 saturated carbocycles. The van der Waals surface area contributed by atoms with E-state index in [1.807, 2.05) is 33.8 Å². The summed E-state index contributed by atoms with van der Waals surface area (Å²) in [6.07, 6.45) is 2.09. The fourth-order valence-electron chi connectivity index (χ4n) is 3.21. The van der Waals surface area contributed by atoms with Crippen LogP contribution in [0.1, 0.15) is 35.1 Å². The van der Waals surface area contributed by atoms with E-state index < -0.39 is 20.0 Å². The van der Waals surface area contributed by atoms with Gasteiger partial charge in [0.05, 0.1) is 11.2 Å². The molecule has 2 rings (SSSR count). The van der Waals surface area contributed by atoms with Gasteiger partial charge in [0.2, 0.25) is 20.0 Å². The zero-order chi connectivity index (χ0) is 18.3. The Bertz CT molecular complexity index is 811. The molecule has 1 fully saturated rings. The summed E-state index contributed by atoms with van der Waals surface area (Å²) in [5, 5.41) is 0. The van der Waals surface area contributed by atoms with Gasteiger partial charge in [-0.05, 0) is 62.8 Å². The van der Waals surface area contributed by atoms with Gasteiger partial charge in [0.15, 0.2) is 0 Å². The van der Waals surface area contributed by atoms with Crippen molar-refractivity contribution in [2.75, 3.05) is 19.3 Å². The summed E-state index contributed by atoms with van der Waals surface area (Å²) < 4.78 is 52.9. The van der Waals surface area contributed by atoms with E-state index in [2.05, 4.69) is 4.72 Å². The molecule has 0 radical (unpaired) electrons. The molecule has 0 spiro atoms. The highest BCUT2D eigenvalue weighted by molar-refractivity contribution is 7.89. The summed E-state index contributed by atoms with van der Waals surface area (Å²) >= 11 is 0. The van der Waals surface area contributed by atoms with Crippen molar-refractivity contribution in [3.63, 3.8) is 0 Å². The number of hydrogen-bond acceptors (Lipinski definition) is 4. The van der Waals surface area contributed by atoms with Crippen LogP contribution in [-0.2, 0) is 20.0 Å². The highest BCUT2D eigenvalue weighted by Crippen LogP contribution is 2.30. The van der Waals surface area contributed by atoms with E-state index in [-0.39, 0.29) is 6.04 Å². The molecule has 1 N–H and O–H groups in total. The zero-order valence-corrected chi connectivity index (χ0v) is 16.5. The molecule has 0 amide bonds. The lowest BCUT2D eigenvalue weighted by atomic mass is 10.0. The van der Waals surface area contributed by atoms with Crippen molar-refractivity contribution in [3.8, 4) is 0 Å². The van der Waals surface area contributed by atoms with Crippen LogP contribution < -0.4 is 4.72 Å². The predicted molar refractivity (Wildman–Crippen MR) is 95.2 cm³/mol. The third-order valence-electron chi connectivity index (χ3n) is 4.73. The lowest BCUT2D eigenvalue weighted by molar-refractivity contribution is 0.308. The van der Waals surface area contributed by atoms with Gasteiger partial charge in [0.1, 0.15) is 0 Å². The number of nitrogens with one attached hydrogen (secondary N) is 1. The van der Waals surface area contributed by atoms with Gasteiger partial charge in [0.25, 0.3) is 0 Å². The summed E-state index contributed by atoms with van der Waals surface area (Å²) in [4.78, 5) is 0.398. The Morgan fingerprint density at radius 2 is 1.42 bits per heavy atom. The smallest absolute Gasteiger partial charge is 0.213 e. The molecular weight excluding hydrogens is 348 g/mol. The Morgan fingerprint density at radius 3 is 1.83 bits per heavy atom. The summed E-state index contributed by atoms with van der Waals surface area (Å²) in [5.74, 6) is 0. The predicted octanol–water partition coefficient (Wildman–Crippen LogP) is 1.62. The fraction of sp³-hybridized carbons (Fsp3) is 0.625. The minimum absolute atomic E-state index is 0.201. The van der Waals surface area contributed by atoms with Crippen LogP contribution in [0.15, 0.2) is 11.0 Å². The number of nitrogens with zero attached hydrogens (tertiary/aromatic N) is 1. The van der Waals surface area contributed by atoms with Gasteiger partial charge in [-0.2, -0.15) is 4.31 Å². The molecule has 1 aliphatic rings. The van der Waals surface area contributed by atoms with Crippen molar-refractivity contribution in [1.29, 1.82) is 0 Å². The van der Waals surface area contributed by atoms with Crippen molar-refractivity contribution < 1.29 is 16.8 Å². The van der Waals surface area contributed by atoms with Gasteiger partial charge in [-0.1, -0.05) is 6.07 Å². The van der Waals surface area contributed by atoms with Crippen molar-refractivity contribution in [2.45, 2.75) is 51.5 Å². The molecule has 136 valence electrons. The van der Waals surface area contributed by atoms with Crippen molar-refractivity contribution in [2.24, 2.45) is 0 Å². The molecule has 0 aromatic heterocycles. The van der Waals surface area contributed by atoms with E-state index in [0.29, 0.717) is 30.8 Å². The van der Waals surface area contributed by atoms with E-state index in [0.717, 1.165) is 28.5 Å². The number of rotatable bonds is 4. The summed E-state index contributed by atoms with van der Waals surface area (Å²) in [6, 6.07) is 1.80. The molecule has 0 atom stereocenters. The average molecular weight is 375 g/mol. The third-order valence-corrected chi connectivity index (χ3v) is 7.66. The zero-order valence-electron chi connectivity index (χ0n) is 14.9. The van der Waals surface area contributed by atoms with E-state index in [4.69, 9.17) is 0 Å². The van der Waals surface area contributed by atoms with Gasteiger partial charge < -0.3 is 0 Å². The maximum absolute atomic E-state index is 13.1. The minimum atomic E-state index is -3.58. The topological polar surface area (TPSA) is 83.6 Å². The highest BCUT2D eigenvalue weighted by Gasteiger charge is 2.32. The molecule has 1 saturated heterocycles. The van der Waals surface area contributed by atoms with E-state index in [9.17, 15) is 16.8 Å². The second-order valence-corrected chi connectivity index (χ2v) is 10.3.